The van der Waals surface area contributed by atoms with Crippen LogP contribution in [0.25, 0.3) is 6.08 Å². The fourth-order valence-electron chi connectivity index (χ4n) is 3.73. The third kappa shape index (κ3) is 5.95. The van der Waals surface area contributed by atoms with Gasteiger partial charge < -0.3 is 14.8 Å². The first-order valence-electron chi connectivity index (χ1n) is 11.9. The largest absolute Gasteiger partial charge is 0.494 e. The first kappa shape index (κ1) is 25.8. The van der Waals surface area contributed by atoms with Crippen LogP contribution in [-0.4, -0.2) is 41.8 Å². The molecule has 0 aliphatic carbocycles. The number of hydrogen-bond acceptors (Lipinski definition) is 7. The van der Waals surface area contributed by atoms with Crippen molar-refractivity contribution < 1.29 is 28.7 Å². The summed E-state index contributed by atoms with van der Waals surface area (Å²) in [6.07, 6.45) is 3.93. The lowest BCUT2D eigenvalue weighted by Gasteiger charge is -2.12. The van der Waals surface area contributed by atoms with Gasteiger partial charge in [-0.25, -0.2) is 4.79 Å². The molecule has 8 nitrogen and oxygen atoms in total. The Labute approximate surface area is 218 Å². The van der Waals surface area contributed by atoms with Gasteiger partial charge in [-0.1, -0.05) is 31.2 Å². The molecule has 0 saturated carbocycles. The fraction of sp³-hybridized carbons (Fsp3) is 0.214. The van der Waals surface area contributed by atoms with E-state index in [0.29, 0.717) is 22.6 Å². The predicted molar refractivity (Wildman–Crippen MR) is 141 cm³/mol. The molecule has 0 unspecified atom stereocenters. The lowest BCUT2D eigenvalue weighted by molar-refractivity contribution is -0.111. The number of anilines is 1. The Kier molecular flexibility index (Phi) is 8.15. The Hall–Kier alpha value is -4.24. The number of esters is 1. The molecule has 0 radical (unpaired) electrons. The molecule has 1 N–H and O–H groups in total. The van der Waals surface area contributed by atoms with Crippen molar-refractivity contribution in [2.45, 2.75) is 26.8 Å². The number of thiophene rings is 1. The zero-order valence-electron chi connectivity index (χ0n) is 20.5. The summed E-state index contributed by atoms with van der Waals surface area (Å²) in [5.41, 5.74) is 1.66. The van der Waals surface area contributed by atoms with Gasteiger partial charge in [0.25, 0.3) is 11.8 Å². The molecular formula is C28H26N2O6S. The summed E-state index contributed by atoms with van der Waals surface area (Å²) in [5, 5.41) is 3.00. The number of amides is 3. The van der Waals surface area contributed by atoms with E-state index in [0.717, 1.165) is 34.0 Å². The molecule has 3 amide bonds. The minimum atomic E-state index is -0.602. The highest BCUT2D eigenvalue weighted by Gasteiger charge is 2.35. The first-order valence-corrected chi connectivity index (χ1v) is 12.7. The van der Waals surface area contributed by atoms with E-state index in [1.165, 1.54) is 6.08 Å². The lowest BCUT2D eigenvalue weighted by atomic mass is 10.1. The monoisotopic (exact) mass is 518 g/mol. The van der Waals surface area contributed by atoms with Gasteiger partial charge in [-0.2, -0.15) is 0 Å². The molecule has 0 spiro atoms. The molecular weight excluding hydrogens is 492 g/mol. The number of nitrogens with zero attached hydrogens (tertiary/aromatic N) is 1. The van der Waals surface area contributed by atoms with Crippen LogP contribution >= 0.6 is 11.3 Å². The van der Waals surface area contributed by atoms with Crippen molar-refractivity contribution in [3.05, 3.63) is 87.8 Å². The highest BCUT2D eigenvalue weighted by molar-refractivity contribution is 7.16. The van der Waals surface area contributed by atoms with Crippen LogP contribution in [0.3, 0.4) is 0 Å². The summed E-state index contributed by atoms with van der Waals surface area (Å²) in [6, 6.07) is 15.5. The maximum absolute atomic E-state index is 12.7. The van der Waals surface area contributed by atoms with E-state index in [4.69, 9.17) is 9.47 Å². The molecule has 0 saturated heterocycles. The SMILES string of the molecule is CCCOc1ccc(/C=C/C(=O)Nc2sc(CN3C(=O)c4ccccc4C3=O)cc2C(=O)OCC)cc1. The van der Waals surface area contributed by atoms with E-state index in [9.17, 15) is 19.2 Å². The Morgan fingerprint density at radius 2 is 1.68 bits per heavy atom. The first-order chi connectivity index (χ1) is 17.9. The maximum atomic E-state index is 12.7. The second kappa shape index (κ2) is 11.7. The average molecular weight is 519 g/mol. The van der Waals surface area contributed by atoms with Gasteiger partial charge in [0.1, 0.15) is 10.8 Å². The van der Waals surface area contributed by atoms with Crippen LogP contribution in [0.2, 0.25) is 0 Å². The molecule has 37 heavy (non-hydrogen) atoms. The number of carbonyl (C=O) groups excluding carboxylic acids is 4. The summed E-state index contributed by atoms with van der Waals surface area (Å²) >= 11 is 1.11. The molecule has 1 aromatic heterocycles. The van der Waals surface area contributed by atoms with Crippen molar-refractivity contribution in [3.8, 4) is 5.75 Å². The molecule has 2 heterocycles. The zero-order valence-corrected chi connectivity index (χ0v) is 21.3. The average Bonchev–Trinajstić information content (AvgIpc) is 3.41. The van der Waals surface area contributed by atoms with Crippen LogP contribution in [0, 0.1) is 0 Å². The summed E-state index contributed by atoms with van der Waals surface area (Å²) in [7, 11) is 0. The molecule has 0 fully saturated rings. The van der Waals surface area contributed by atoms with Crippen molar-refractivity contribution in [2.75, 3.05) is 18.5 Å². The summed E-state index contributed by atoms with van der Waals surface area (Å²) < 4.78 is 10.7. The third-order valence-corrected chi connectivity index (χ3v) is 6.52. The highest BCUT2D eigenvalue weighted by Crippen LogP contribution is 2.32. The van der Waals surface area contributed by atoms with Gasteiger partial charge >= 0.3 is 5.97 Å². The van der Waals surface area contributed by atoms with Gasteiger partial charge in [-0.3, -0.25) is 19.3 Å². The van der Waals surface area contributed by atoms with Gasteiger partial charge in [0.15, 0.2) is 0 Å². The Morgan fingerprint density at radius 1 is 1.00 bits per heavy atom. The van der Waals surface area contributed by atoms with Crippen LogP contribution in [0.5, 0.6) is 5.75 Å². The second-order valence-corrected chi connectivity index (χ2v) is 9.29. The highest BCUT2D eigenvalue weighted by atomic mass is 32.1. The minimum Gasteiger partial charge on any atom is -0.494 e. The smallest absolute Gasteiger partial charge is 0.341 e. The number of rotatable bonds is 10. The summed E-state index contributed by atoms with van der Waals surface area (Å²) in [6.45, 7) is 4.49. The fourth-order valence-corrected chi connectivity index (χ4v) is 4.77. The Bertz CT molecular complexity index is 1320. The van der Waals surface area contributed by atoms with E-state index >= 15 is 0 Å². The standard InChI is InChI=1S/C28H26N2O6S/c1-3-15-36-19-12-9-18(10-13-19)11-14-24(31)29-25-23(28(34)35-4-2)16-20(37-25)17-30-26(32)21-7-5-6-8-22(21)27(30)33/h5-14,16H,3-4,15,17H2,1-2H3,(H,29,31)/b14-11+. The predicted octanol–water partition coefficient (Wildman–Crippen LogP) is 5.16. The molecule has 1 aliphatic heterocycles. The van der Waals surface area contributed by atoms with E-state index in [1.807, 2.05) is 31.2 Å². The number of imide groups is 1. The molecule has 4 rings (SSSR count). The molecule has 3 aromatic rings. The van der Waals surface area contributed by atoms with Gasteiger partial charge in [-0.15, -0.1) is 11.3 Å². The quantitative estimate of drug-likeness (QED) is 0.226. The van der Waals surface area contributed by atoms with Crippen LogP contribution in [-0.2, 0) is 16.1 Å². The second-order valence-electron chi connectivity index (χ2n) is 8.16. The number of benzene rings is 2. The van der Waals surface area contributed by atoms with E-state index in [1.54, 1.807) is 43.3 Å². The van der Waals surface area contributed by atoms with E-state index in [2.05, 4.69) is 5.32 Å². The summed E-state index contributed by atoms with van der Waals surface area (Å²) in [5.74, 6) is -1.08. The van der Waals surface area contributed by atoms with Crippen molar-refractivity contribution in [1.82, 2.24) is 4.90 Å². The minimum absolute atomic E-state index is 0.0262. The maximum Gasteiger partial charge on any atom is 0.341 e. The number of carbonyl (C=O) groups is 4. The van der Waals surface area contributed by atoms with E-state index in [-0.39, 0.29) is 23.7 Å². The van der Waals surface area contributed by atoms with Crippen LogP contribution in [0.1, 0.15) is 61.8 Å². The molecule has 1 aliphatic rings. The molecule has 0 atom stereocenters. The number of ether oxygens (including phenoxy) is 2. The molecule has 0 bridgehead atoms. The number of nitrogens with one attached hydrogen (secondary N) is 1. The van der Waals surface area contributed by atoms with Crippen LogP contribution < -0.4 is 10.1 Å². The number of hydrogen-bond donors (Lipinski definition) is 1. The van der Waals surface area contributed by atoms with Gasteiger partial charge in [0.2, 0.25) is 5.91 Å². The Morgan fingerprint density at radius 3 is 2.30 bits per heavy atom. The third-order valence-electron chi connectivity index (χ3n) is 5.49. The zero-order chi connectivity index (χ0) is 26.4. The van der Waals surface area contributed by atoms with Gasteiger partial charge in [0, 0.05) is 11.0 Å². The normalized spacial score (nSPS) is 12.6. The molecule has 9 heteroatoms. The van der Waals surface area contributed by atoms with Gasteiger partial charge in [0.05, 0.1) is 36.4 Å². The van der Waals surface area contributed by atoms with Crippen LogP contribution in [0.4, 0.5) is 5.00 Å². The van der Waals surface area contributed by atoms with Crippen molar-refractivity contribution >= 4 is 46.1 Å². The van der Waals surface area contributed by atoms with Crippen molar-refractivity contribution in [1.29, 1.82) is 0 Å². The van der Waals surface area contributed by atoms with Crippen molar-refractivity contribution in [2.24, 2.45) is 0 Å². The van der Waals surface area contributed by atoms with Crippen LogP contribution in [0.15, 0.2) is 60.7 Å². The lowest BCUT2D eigenvalue weighted by Crippen LogP contribution is -2.28. The Balaban J connectivity index is 1.49. The van der Waals surface area contributed by atoms with E-state index < -0.39 is 23.7 Å². The topological polar surface area (TPSA) is 102 Å². The van der Waals surface area contributed by atoms with Crippen molar-refractivity contribution in [3.63, 3.8) is 0 Å². The van der Waals surface area contributed by atoms with Gasteiger partial charge in [-0.05, 0) is 55.3 Å². The number of fused-ring (bicyclic) bond motifs is 1. The molecule has 2 aromatic carbocycles. The molecule has 190 valence electrons. The summed E-state index contributed by atoms with van der Waals surface area (Å²) in [4.78, 5) is 52.4.